The Morgan fingerprint density at radius 2 is 1.69 bits per heavy atom. The quantitative estimate of drug-likeness (QED) is 0.229. The fourth-order valence-electron chi connectivity index (χ4n) is 5.49. The Bertz CT molecular complexity index is 1430. The van der Waals surface area contributed by atoms with Crippen molar-refractivity contribution in [2.24, 2.45) is 5.41 Å². The number of ether oxygens (including phenoxy) is 1. The fourth-order valence-corrected chi connectivity index (χ4v) is 5.49. The minimum absolute atomic E-state index is 0.133. The van der Waals surface area contributed by atoms with E-state index in [2.05, 4.69) is 6.07 Å². The van der Waals surface area contributed by atoms with E-state index in [-0.39, 0.29) is 11.5 Å². The molecule has 5 rings (SSSR count). The minimum atomic E-state index is -1.79. The summed E-state index contributed by atoms with van der Waals surface area (Å²) in [5.41, 5.74) is 0.532. The molecular weight excluding hydrogens is 458 g/mol. The van der Waals surface area contributed by atoms with Gasteiger partial charge >= 0.3 is 5.97 Å². The van der Waals surface area contributed by atoms with Gasteiger partial charge in [0, 0.05) is 29.3 Å². The molecule has 0 N–H and O–H groups in total. The van der Waals surface area contributed by atoms with E-state index in [0.29, 0.717) is 16.8 Å². The second kappa shape index (κ2) is 8.78. The van der Waals surface area contributed by atoms with Gasteiger partial charge < -0.3 is 9.64 Å². The number of non-ortho nitro benzene ring substituents is 1. The number of Topliss-reactive ketones (excluding diaryl/α,β-unsaturated/α-hetero) is 1. The van der Waals surface area contributed by atoms with Crippen LogP contribution in [0.4, 0.5) is 11.4 Å². The van der Waals surface area contributed by atoms with Crippen LogP contribution in [0.25, 0.3) is 6.08 Å². The zero-order valence-corrected chi connectivity index (χ0v) is 19.3. The first-order valence-corrected chi connectivity index (χ1v) is 11.3. The molecule has 178 valence electrons. The molecule has 1 fully saturated rings. The second-order valence-corrected chi connectivity index (χ2v) is 8.74. The summed E-state index contributed by atoms with van der Waals surface area (Å²) in [6.07, 6.45) is 3.60. The van der Waals surface area contributed by atoms with Crippen molar-refractivity contribution in [2.45, 2.75) is 18.0 Å². The van der Waals surface area contributed by atoms with Crippen molar-refractivity contribution in [2.75, 3.05) is 12.0 Å². The number of fused-ring (bicyclic) bond motifs is 3. The van der Waals surface area contributed by atoms with Gasteiger partial charge in [0.25, 0.3) is 5.69 Å². The predicted octanol–water partition coefficient (Wildman–Crippen LogP) is 4.53. The first-order valence-electron chi connectivity index (χ1n) is 11.3. The molecule has 0 amide bonds. The smallest absolute Gasteiger partial charge is 0.329 e. The zero-order chi connectivity index (χ0) is 25.4. The van der Waals surface area contributed by atoms with Crippen LogP contribution in [0.1, 0.15) is 27.4 Å². The average molecular weight is 479 g/mol. The van der Waals surface area contributed by atoms with E-state index in [1.165, 1.54) is 31.4 Å². The van der Waals surface area contributed by atoms with Crippen LogP contribution in [0.15, 0.2) is 84.9 Å². The maximum Gasteiger partial charge on any atom is 0.329 e. The van der Waals surface area contributed by atoms with Crippen LogP contribution in [0.2, 0.25) is 0 Å². The number of nitro benzene ring substituents is 1. The number of rotatable bonds is 5. The Hall–Kier alpha value is -4.77. The normalized spacial score (nSPS) is 23.8. The zero-order valence-electron chi connectivity index (χ0n) is 19.3. The van der Waals surface area contributed by atoms with Crippen molar-refractivity contribution in [3.8, 4) is 6.07 Å². The maximum absolute atomic E-state index is 14.1. The molecule has 4 atom stereocenters. The molecule has 0 aliphatic carbocycles. The number of carbonyl (C=O) groups excluding carboxylic acids is 2. The van der Waals surface area contributed by atoms with Crippen LogP contribution in [-0.4, -0.2) is 35.9 Å². The van der Waals surface area contributed by atoms with Gasteiger partial charge in [-0.3, -0.25) is 19.7 Å². The van der Waals surface area contributed by atoms with Crippen LogP contribution in [0.5, 0.6) is 0 Å². The number of hydrogen-bond acceptors (Lipinski definition) is 7. The van der Waals surface area contributed by atoms with E-state index in [0.717, 1.165) is 5.56 Å². The predicted molar refractivity (Wildman–Crippen MR) is 132 cm³/mol. The Kier molecular flexibility index (Phi) is 5.61. The molecule has 0 radical (unpaired) electrons. The molecule has 2 heterocycles. The summed E-state index contributed by atoms with van der Waals surface area (Å²) in [5.74, 6) is -2.00. The van der Waals surface area contributed by atoms with Crippen LogP contribution in [0, 0.1) is 26.9 Å². The van der Waals surface area contributed by atoms with E-state index in [4.69, 9.17) is 4.74 Å². The lowest BCUT2D eigenvalue weighted by atomic mass is 9.68. The van der Waals surface area contributed by atoms with E-state index in [1.54, 1.807) is 36.4 Å². The molecule has 2 aliphatic heterocycles. The van der Waals surface area contributed by atoms with Crippen molar-refractivity contribution in [3.63, 3.8) is 0 Å². The highest BCUT2D eigenvalue weighted by Crippen LogP contribution is 2.56. The molecule has 0 unspecified atom stereocenters. The summed E-state index contributed by atoms with van der Waals surface area (Å²) in [6, 6.07) is 22.3. The molecule has 3 aromatic rings. The number of carbonyl (C=O) groups is 2. The van der Waals surface area contributed by atoms with E-state index < -0.39 is 34.3 Å². The number of hydrogen-bond donors (Lipinski definition) is 0. The molecule has 0 bridgehead atoms. The molecule has 8 nitrogen and oxygen atoms in total. The van der Waals surface area contributed by atoms with Gasteiger partial charge in [-0.15, -0.1) is 0 Å². The molecule has 36 heavy (non-hydrogen) atoms. The number of nitrogens with zero attached hydrogens (tertiary/aromatic N) is 3. The van der Waals surface area contributed by atoms with Gasteiger partial charge in [-0.25, -0.2) is 0 Å². The van der Waals surface area contributed by atoms with Gasteiger partial charge in [-0.1, -0.05) is 72.8 Å². The van der Waals surface area contributed by atoms with Gasteiger partial charge in [0.2, 0.25) is 0 Å². The molecular formula is C28H21N3O5. The lowest BCUT2D eigenvalue weighted by molar-refractivity contribution is -0.384. The van der Waals surface area contributed by atoms with Crippen molar-refractivity contribution in [1.29, 1.82) is 5.26 Å². The Morgan fingerprint density at radius 3 is 2.33 bits per heavy atom. The monoisotopic (exact) mass is 479 g/mol. The van der Waals surface area contributed by atoms with Gasteiger partial charge in [0.05, 0.1) is 24.1 Å². The third-order valence-corrected chi connectivity index (χ3v) is 7.04. The van der Waals surface area contributed by atoms with Crippen molar-refractivity contribution >= 4 is 29.2 Å². The number of esters is 1. The van der Waals surface area contributed by atoms with Crippen molar-refractivity contribution in [1.82, 2.24) is 0 Å². The molecule has 3 aromatic carbocycles. The maximum atomic E-state index is 14.1. The highest BCUT2D eigenvalue weighted by Gasteiger charge is 2.67. The molecule has 1 saturated heterocycles. The summed E-state index contributed by atoms with van der Waals surface area (Å²) < 4.78 is 5.17. The molecule has 8 heteroatoms. The first-order chi connectivity index (χ1) is 17.4. The summed E-state index contributed by atoms with van der Waals surface area (Å²) in [7, 11) is 1.21. The SMILES string of the molecule is COC(=O)[C@@]1(C#N)[C@@H]2C=Cc3ccccc3N2[C@H](C(=O)c2ccccc2)[C@@H]1c1ccc([N+](=O)[O-])cc1. The summed E-state index contributed by atoms with van der Waals surface area (Å²) in [6.45, 7) is 0. The Morgan fingerprint density at radius 1 is 1.03 bits per heavy atom. The van der Waals surface area contributed by atoms with Crippen molar-refractivity contribution in [3.05, 3.63) is 112 Å². The molecule has 0 aromatic heterocycles. The number of ketones is 1. The van der Waals surface area contributed by atoms with Crippen LogP contribution in [-0.2, 0) is 9.53 Å². The summed E-state index contributed by atoms with van der Waals surface area (Å²) in [5, 5.41) is 21.9. The third-order valence-electron chi connectivity index (χ3n) is 7.04. The van der Waals surface area contributed by atoms with Gasteiger partial charge in [0.15, 0.2) is 11.2 Å². The topological polar surface area (TPSA) is 114 Å². The molecule has 0 saturated carbocycles. The second-order valence-electron chi connectivity index (χ2n) is 8.74. The number of nitro groups is 1. The standard InChI is InChI=1S/C28H21N3O5/c1-36-27(33)28(17-29)23-16-13-18-7-5-6-10-22(18)30(23)25(26(32)20-8-3-2-4-9-20)24(28)19-11-14-21(15-12-19)31(34)35/h2-16,23-25H,1H3/t23-,24-,25-,28-/m0/s1. The van der Waals surface area contributed by atoms with Crippen LogP contribution >= 0.6 is 0 Å². The van der Waals surface area contributed by atoms with E-state index in [1.807, 2.05) is 35.2 Å². The highest BCUT2D eigenvalue weighted by atomic mass is 16.6. The lowest BCUT2D eigenvalue weighted by Crippen LogP contribution is -2.46. The lowest BCUT2D eigenvalue weighted by Gasteiger charge is -2.36. The van der Waals surface area contributed by atoms with Crippen LogP contribution < -0.4 is 4.90 Å². The fraction of sp³-hybridized carbons (Fsp3) is 0.179. The highest BCUT2D eigenvalue weighted by molar-refractivity contribution is 6.06. The number of anilines is 1. The van der Waals surface area contributed by atoms with Gasteiger partial charge in [-0.2, -0.15) is 5.26 Å². The van der Waals surface area contributed by atoms with E-state index in [9.17, 15) is 25.0 Å². The Labute approximate surface area is 207 Å². The van der Waals surface area contributed by atoms with Crippen LogP contribution in [0.3, 0.4) is 0 Å². The number of methoxy groups -OCH3 is 1. The number of para-hydroxylation sites is 1. The van der Waals surface area contributed by atoms with Gasteiger partial charge in [0.1, 0.15) is 6.04 Å². The van der Waals surface area contributed by atoms with Crippen molar-refractivity contribution < 1.29 is 19.2 Å². The van der Waals surface area contributed by atoms with Gasteiger partial charge in [-0.05, 0) is 17.2 Å². The van der Waals surface area contributed by atoms with E-state index >= 15 is 0 Å². The third kappa shape index (κ3) is 3.28. The molecule has 0 spiro atoms. The minimum Gasteiger partial charge on any atom is -0.468 e. The first kappa shape index (κ1) is 23.0. The molecule has 2 aliphatic rings. The largest absolute Gasteiger partial charge is 0.468 e. The Balaban J connectivity index is 1.80. The number of nitriles is 1. The average Bonchev–Trinajstić information content (AvgIpc) is 3.24. The summed E-state index contributed by atoms with van der Waals surface area (Å²) >= 11 is 0. The summed E-state index contributed by atoms with van der Waals surface area (Å²) in [4.78, 5) is 40.2. The number of benzene rings is 3.